The predicted molar refractivity (Wildman–Crippen MR) is 105 cm³/mol. The topological polar surface area (TPSA) is 86.1 Å². The molecule has 0 saturated heterocycles. The Balaban J connectivity index is 1.94. The maximum absolute atomic E-state index is 9.76. The van der Waals surface area contributed by atoms with Crippen molar-refractivity contribution in [2.24, 2.45) is 5.73 Å². The number of aryl methyl sites for hydroxylation is 2. The van der Waals surface area contributed by atoms with E-state index < -0.39 is 0 Å². The van der Waals surface area contributed by atoms with Gasteiger partial charge in [0.05, 0.1) is 30.0 Å². The van der Waals surface area contributed by atoms with E-state index in [1.165, 1.54) is 0 Å². The van der Waals surface area contributed by atoms with Crippen molar-refractivity contribution in [1.29, 1.82) is 5.26 Å². The minimum absolute atomic E-state index is 0.0936. The van der Waals surface area contributed by atoms with Crippen LogP contribution in [0.2, 0.25) is 0 Å². The first kappa shape index (κ1) is 17.7. The zero-order valence-corrected chi connectivity index (χ0v) is 15.9. The molecule has 0 fully saturated rings. The lowest BCUT2D eigenvalue weighted by molar-refractivity contribution is 0.366. The van der Waals surface area contributed by atoms with Crippen molar-refractivity contribution in [1.82, 2.24) is 9.78 Å². The van der Waals surface area contributed by atoms with E-state index in [4.69, 9.17) is 15.2 Å². The number of ether oxygens (including phenoxy) is 2. The minimum Gasteiger partial charge on any atom is -0.497 e. The highest BCUT2D eigenvalue weighted by Crippen LogP contribution is 2.45. The molecule has 2 N–H and O–H groups in total. The van der Waals surface area contributed by atoms with Crippen LogP contribution >= 0.6 is 0 Å². The van der Waals surface area contributed by atoms with Gasteiger partial charge in [-0.05, 0) is 43.7 Å². The SMILES string of the molecule is COc1cccc(C2C(C#N)=C(N)Oc3c2c(C)nn3-c2ccc(C)cc2)c1. The molecule has 0 saturated carbocycles. The smallest absolute Gasteiger partial charge is 0.229 e. The van der Waals surface area contributed by atoms with Gasteiger partial charge in [0, 0.05) is 0 Å². The fourth-order valence-corrected chi connectivity index (χ4v) is 3.53. The quantitative estimate of drug-likeness (QED) is 0.757. The number of nitrogens with zero attached hydrogens (tertiary/aromatic N) is 3. The first-order valence-corrected chi connectivity index (χ1v) is 8.91. The molecule has 140 valence electrons. The Morgan fingerprint density at radius 1 is 1.18 bits per heavy atom. The van der Waals surface area contributed by atoms with Crippen molar-refractivity contribution in [2.75, 3.05) is 7.11 Å². The lowest BCUT2D eigenvalue weighted by atomic mass is 9.84. The maximum atomic E-state index is 9.76. The normalized spacial score (nSPS) is 15.6. The van der Waals surface area contributed by atoms with Gasteiger partial charge in [-0.15, -0.1) is 0 Å². The fourth-order valence-electron chi connectivity index (χ4n) is 3.53. The number of rotatable bonds is 3. The first-order valence-electron chi connectivity index (χ1n) is 8.91. The van der Waals surface area contributed by atoms with Crippen molar-refractivity contribution in [3.05, 3.63) is 82.4 Å². The van der Waals surface area contributed by atoms with E-state index in [9.17, 15) is 5.26 Å². The number of hydrogen-bond donors (Lipinski definition) is 1. The molecule has 0 radical (unpaired) electrons. The highest BCUT2D eigenvalue weighted by molar-refractivity contribution is 5.57. The van der Waals surface area contributed by atoms with Gasteiger partial charge in [0.2, 0.25) is 11.8 Å². The Kier molecular flexibility index (Phi) is 4.28. The Hall–Kier alpha value is -3.72. The number of methoxy groups -OCH3 is 1. The van der Waals surface area contributed by atoms with E-state index >= 15 is 0 Å². The molecular weight excluding hydrogens is 352 g/mol. The van der Waals surface area contributed by atoms with Crippen molar-refractivity contribution in [2.45, 2.75) is 19.8 Å². The van der Waals surface area contributed by atoms with Crippen LogP contribution in [-0.2, 0) is 0 Å². The van der Waals surface area contributed by atoms with Gasteiger partial charge in [0.25, 0.3) is 0 Å². The number of aromatic nitrogens is 2. The van der Waals surface area contributed by atoms with Gasteiger partial charge in [-0.1, -0.05) is 29.8 Å². The Bertz CT molecular complexity index is 1120. The zero-order chi connectivity index (χ0) is 19.8. The molecule has 28 heavy (non-hydrogen) atoms. The third-order valence-electron chi connectivity index (χ3n) is 4.94. The highest BCUT2D eigenvalue weighted by atomic mass is 16.5. The van der Waals surface area contributed by atoms with Crippen LogP contribution in [0.1, 0.15) is 28.3 Å². The molecule has 4 rings (SSSR count). The lowest BCUT2D eigenvalue weighted by Crippen LogP contribution is -2.22. The van der Waals surface area contributed by atoms with Crippen molar-refractivity contribution < 1.29 is 9.47 Å². The number of benzene rings is 2. The molecule has 3 aromatic rings. The van der Waals surface area contributed by atoms with Crippen LogP contribution in [0.3, 0.4) is 0 Å². The molecule has 6 heteroatoms. The van der Waals surface area contributed by atoms with E-state index in [2.05, 4.69) is 11.2 Å². The molecule has 1 aliphatic heterocycles. The third kappa shape index (κ3) is 2.78. The van der Waals surface area contributed by atoms with Gasteiger partial charge in [-0.25, -0.2) is 4.68 Å². The van der Waals surface area contributed by atoms with Crippen molar-refractivity contribution in [3.63, 3.8) is 0 Å². The van der Waals surface area contributed by atoms with E-state index in [-0.39, 0.29) is 11.8 Å². The van der Waals surface area contributed by atoms with E-state index in [0.717, 1.165) is 28.1 Å². The number of fused-ring (bicyclic) bond motifs is 1. The standard InChI is InChI=1S/C22H20N4O2/c1-13-7-9-16(10-8-13)26-22-19(14(2)25-26)20(18(12-23)21(24)28-22)15-5-4-6-17(11-15)27-3/h4-11,20H,24H2,1-3H3. The summed E-state index contributed by atoms with van der Waals surface area (Å²) in [4.78, 5) is 0. The predicted octanol–water partition coefficient (Wildman–Crippen LogP) is 3.72. The maximum Gasteiger partial charge on any atom is 0.229 e. The second-order valence-electron chi connectivity index (χ2n) is 6.75. The summed E-state index contributed by atoms with van der Waals surface area (Å²) in [5.41, 5.74) is 11.0. The highest BCUT2D eigenvalue weighted by Gasteiger charge is 2.36. The average Bonchev–Trinajstić information content (AvgIpc) is 3.03. The molecule has 0 aliphatic carbocycles. The Morgan fingerprint density at radius 2 is 1.93 bits per heavy atom. The van der Waals surface area contributed by atoms with Gasteiger partial charge >= 0.3 is 0 Å². The van der Waals surface area contributed by atoms with Gasteiger partial charge in [-0.2, -0.15) is 10.4 Å². The van der Waals surface area contributed by atoms with Crippen molar-refractivity contribution in [3.8, 4) is 23.4 Å². The number of allylic oxidation sites excluding steroid dienone is 1. The third-order valence-corrected chi connectivity index (χ3v) is 4.94. The van der Waals surface area contributed by atoms with Crippen LogP contribution in [0.25, 0.3) is 5.69 Å². The molecule has 1 atom stereocenters. The number of nitriles is 1. The summed E-state index contributed by atoms with van der Waals surface area (Å²) in [5, 5.41) is 14.4. The van der Waals surface area contributed by atoms with Gasteiger partial charge in [-0.3, -0.25) is 0 Å². The molecule has 2 heterocycles. The van der Waals surface area contributed by atoms with Gasteiger partial charge in [0.1, 0.15) is 17.4 Å². The lowest BCUT2D eigenvalue weighted by Gasteiger charge is -2.25. The number of nitrogens with two attached hydrogens (primary N) is 1. The van der Waals surface area contributed by atoms with E-state index in [1.54, 1.807) is 11.8 Å². The van der Waals surface area contributed by atoms with E-state index in [1.807, 2.05) is 62.4 Å². The number of hydrogen-bond acceptors (Lipinski definition) is 5. The minimum atomic E-state index is -0.372. The summed E-state index contributed by atoms with van der Waals surface area (Å²) >= 11 is 0. The van der Waals surface area contributed by atoms with Crippen LogP contribution in [0, 0.1) is 25.2 Å². The summed E-state index contributed by atoms with van der Waals surface area (Å²) in [7, 11) is 1.62. The molecule has 0 amide bonds. The first-order chi connectivity index (χ1) is 13.5. The molecule has 0 spiro atoms. The van der Waals surface area contributed by atoms with Crippen LogP contribution < -0.4 is 15.2 Å². The van der Waals surface area contributed by atoms with Crippen LogP contribution in [-0.4, -0.2) is 16.9 Å². The molecule has 1 aliphatic rings. The van der Waals surface area contributed by atoms with Crippen LogP contribution in [0.15, 0.2) is 60.0 Å². The summed E-state index contributed by atoms with van der Waals surface area (Å²) in [5.74, 6) is 0.967. The Labute approximate surface area is 163 Å². The van der Waals surface area contributed by atoms with Gasteiger partial charge in [0.15, 0.2) is 0 Å². The molecule has 2 aromatic carbocycles. The molecule has 6 nitrogen and oxygen atoms in total. The van der Waals surface area contributed by atoms with Crippen LogP contribution in [0.5, 0.6) is 11.6 Å². The zero-order valence-electron chi connectivity index (χ0n) is 15.9. The fraction of sp³-hybridized carbons (Fsp3) is 0.182. The summed E-state index contributed by atoms with van der Waals surface area (Å²) in [6, 6.07) is 17.8. The average molecular weight is 372 g/mol. The molecular formula is C22H20N4O2. The summed E-state index contributed by atoms with van der Waals surface area (Å²) in [6.07, 6.45) is 0. The second kappa shape index (κ2) is 6.78. The molecule has 1 aromatic heterocycles. The van der Waals surface area contributed by atoms with Crippen LogP contribution in [0.4, 0.5) is 0 Å². The Morgan fingerprint density at radius 3 is 2.61 bits per heavy atom. The second-order valence-corrected chi connectivity index (χ2v) is 6.75. The molecule has 0 bridgehead atoms. The largest absolute Gasteiger partial charge is 0.497 e. The van der Waals surface area contributed by atoms with E-state index in [0.29, 0.717) is 17.2 Å². The van der Waals surface area contributed by atoms with Crippen molar-refractivity contribution >= 4 is 0 Å². The summed E-state index contributed by atoms with van der Waals surface area (Å²) < 4.78 is 13.0. The summed E-state index contributed by atoms with van der Waals surface area (Å²) in [6.45, 7) is 3.94. The monoisotopic (exact) mass is 372 g/mol. The van der Waals surface area contributed by atoms with Gasteiger partial charge < -0.3 is 15.2 Å². The molecule has 1 unspecified atom stereocenters.